The van der Waals surface area contributed by atoms with Gasteiger partial charge in [0.25, 0.3) is 5.91 Å². The zero-order valence-electron chi connectivity index (χ0n) is 9.68. The summed E-state index contributed by atoms with van der Waals surface area (Å²) in [4.78, 5) is 16.6. The molecule has 0 atom stereocenters. The fourth-order valence-corrected chi connectivity index (χ4v) is 1.81. The van der Waals surface area contributed by atoms with E-state index in [1.807, 2.05) is 35.0 Å². The summed E-state index contributed by atoms with van der Waals surface area (Å²) in [5, 5.41) is 2.92. The standard InChI is InChI=1S/C12H13ClN2O2/c1-14(17-2)12(16)8-15-6-5-9-3-4-10(13)7-11(9)15/h3-7H,8H2,1-2H3. The lowest BCUT2D eigenvalue weighted by molar-refractivity contribution is -0.169. The molecule has 0 saturated carbocycles. The molecule has 1 heterocycles. The van der Waals surface area contributed by atoms with Crippen LogP contribution in [0.2, 0.25) is 5.02 Å². The van der Waals surface area contributed by atoms with Gasteiger partial charge in [0.15, 0.2) is 0 Å². The molecule has 0 aliphatic carbocycles. The van der Waals surface area contributed by atoms with E-state index in [1.165, 1.54) is 12.2 Å². The molecule has 1 aromatic heterocycles. The molecule has 0 fully saturated rings. The Hall–Kier alpha value is -1.52. The number of nitrogens with zero attached hydrogens (tertiary/aromatic N) is 2. The molecule has 0 spiro atoms. The average molecular weight is 253 g/mol. The molecule has 0 aliphatic heterocycles. The van der Waals surface area contributed by atoms with Gasteiger partial charge >= 0.3 is 0 Å². The van der Waals surface area contributed by atoms with E-state index in [9.17, 15) is 4.79 Å². The molecule has 0 unspecified atom stereocenters. The highest BCUT2D eigenvalue weighted by molar-refractivity contribution is 6.31. The second-order valence-electron chi connectivity index (χ2n) is 3.72. The third kappa shape index (κ3) is 2.43. The van der Waals surface area contributed by atoms with Gasteiger partial charge in [0.1, 0.15) is 6.54 Å². The van der Waals surface area contributed by atoms with Gasteiger partial charge in [-0.05, 0) is 23.6 Å². The van der Waals surface area contributed by atoms with Crippen LogP contribution in [0.25, 0.3) is 10.9 Å². The number of hydrogen-bond donors (Lipinski definition) is 0. The largest absolute Gasteiger partial charge is 0.338 e. The highest BCUT2D eigenvalue weighted by Gasteiger charge is 2.10. The molecule has 0 bridgehead atoms. The van der Waals surface area contributed by atoms with Gasteiger partial charge < -0.3 is 4.57 Å². The molecule has 1 amide bonds. The highest BCUT2D eigenvalue weighted by Crippen LogP contribution is 2.20. The molecule has 0 radical (unpaired) electrons. The van der Waals surface area contributed by atoms with E-state index in [2.05, 4.69) is 0 Å². The van der Waals surface area contributed by atoms with Crippen molar-refractivity contribution in [3.8, 4) is 0 Å². The van der Waals surface area contributed by atoms with E-state index >= 15 is 0 Å². The highest BCUT2D eigenvalue weighted by atomic mass is 35.5. The first-order valence-corrected chi connectivity index (χ1v) is 5.54. The number of likely N-dealkylation sites (N-methyl/N-ethyl adjacent to an activating group) is 1. The van der Waals surface area contributed by atoms with Crippen molar-refractivity contribution in [1.82, 2.24) is 9.63 Å². The summed E-state index contributed by atoms with van der Waals surface area (Å²) < 4.78 is 1.85. The molecule has 90 valence electrons. The maximum atomic E-state index is 11.7. The van der Waals surface area contributed by atoms with Crippen molar-refractivity contribution < 1.29 is 9.63 Å². The Morgan fingerprint density at radius 3 is 2.94 bits per heavy atom. The lowest BCUT2D eigenvalue weighted by atomic mass is 10.2. The number of fused-ring (bicyclic) bond motifs is 1. The minimum Gasteiger partial charge on any atom is -0.338 e. The topological polar surface area (TPSA) is 34.5 Å². The molecule has 0 N–H and O–H groups in total. The summed E-state index contributed by atoms with van der Waals surface area (Å²) >= 11 is 5.94. The van der Waals surface area contributed by atoms with Crippen LogP contribution in [0.5, 0.6) is 0 Å². The van der Waals surface area contributed by atoms with Gasteiger partial charge in [-0.25, -0.2) is 5.06 Å². The van der Waals surface area contributed by atoms with Gasteiger partial charge in [0.05, 0.1) is 7.11 Å². The van der Waals surface area contributed by atoms with E-state index in [1.54, 1.807) is 7.05 Å². The van der Waals surface area contributed by atoms with Crippen LogP contribution in [0.15, 0.2) is 30.5 Å². The monoisotopic (exact) mass is 252 g/mol. The second-order valence-corrected chi connectivity index (χ2v) is 4.16. The Bertz CT molecular complexity index is 550. The molecule has 2 aromatic rings. The number of amides is 1. The van der Waals surface area contributed by atoms with Crippen molar-refractivity contribution in [3.05, 3.63) is 35.5 Å². The molecular weight excluding hydrogens is 240 g/mol. The van der Waals surface area contributed by atoms with Crippen LogP contribution >= 0.6 is 11.6 Å². The van der Waals surface area contributed by atoms with Crippen molar-refractivity contribution in [1.29, 1.82) is 0 Å². The summed E-state index contributed by atoms with van der Waals surface area (Å²) in [6.07, 6.45) is 1.86. The Morgan fingerprint density at radius 2 is 2.24 bits per heavy atom. The quantitative estimate of drug-likeness (QED) is 0.786. The summed E-state index contributed by atoms with van der Waals surface area (Å²) in [5.41, 5.74) is 0.940. The van der Waals surface area contributed by atoms with Gasteiger partial charge in [-0.15, -0.1) is 0 Å². The first-order chi connectivity index (χ1) is 8.11. The smallest absolute Gasteiger partial charge is 0.265 e. The summed E-state index contributed by atoms with van der Waals surface area (Å²) in [5.74, 6) is -0.120. The zero-order valence-corrected chi connectivity index (χ0v) is 10.4. The van der Waals surface area contributed by atoms with Crippen molar-refractivity contribution >= 4 is 28.4 Å². The normalized spacial score (nSPS) is 10.8. The molecular formula is C12H13ClN2O2. The van der Waals surface area contributed by atoms with E-state index in [4.69, 9.17) is 16.4 Å². The van der Waals surface area contributed by atoms with Crippen LogP contribution in [0.3, 0.4) is 0 Å². The maximum Gasteiger partial charge on any atom is 0.265 e. The molecule has 0 aliphatic rings. The fraction of sp³-hybridized carbons (Fsp3) is 0.250. The van der Waals surface area contributed by atoms with Gasteiger partial charge in [-0.3, -0.25) is 9.63 Å². The Labute approximate surface area is 104 Å². The van der Waals surface area contributed by atoms with E-state index in [-0.39, 0.29) is 12.5 Å². The first-order valence-electron chi connectivity index (χ1n) is 5.17. The number of carbonyl (C=O) groups is 1. The summed E-state index contributed by atoms with van der Waals surface area (Å²) in [6, 6.07) is 7.55. The van der Waals surface area contributed by atoms with Gasteiger partial charge in [-0.2, -0.15) is 0 Å². The van der Waals surface area contributed by atoms with Crippen LogP contribution in [0.1, 0.15) is 0 Å². The van der Waals surface area contributed by atoms with Crippen LogP contribution in [-0.4, -0.2) is 29.7 Å². The van der Waals surface area contributed by atoms with E-state index < -0.39 is 0 Å². The predicted molar refractivity (Wildman–Crippen MR) is 66.7 cm³/mol. The Balaban J connectivity index is 2.30. The minimum atomic E-state index is -0.120. The van der Waals surface area contributed by atoms with Crippen molar-refractivity contribution in [2.24, 2.45) is 0 Å². The number of hydroxylamine groups is 2. The lowest BCUT2D eigenvalue weighted by Gasteiger charge is -2.14. The molecule has 1 aromatic carbocycles. The van der Waals surface area contributed by atoms with Crippen molar-refractivity contribution in [3.63, 3.8) is 0 Å². The lowest BCUT2D eigenvalue weighted by Crippen LogP contribution is -2.28. The van der Waals surface area contributed by atoms with E-state index in [0.717, 1.165) is 10.9 Å². The third-order valence-corrected chi connectivity index (χ3v) is 2.90. The predicted octanol–water partition coefficient (Wildman–Crippen LogP) is 2.31. The number of carbonyl (C=O) groups excluding carboxylic acids is 1. The van der Waals surface area contributed by atoms with Gasteiger partial charge in [0.2, 0.25) is 0 Å². The van der Waals surface area contributed by atoms with Crippen LogP contribution < -0.4 is 0 Å². The maximum absolute atomic E-state index is 11.7. The van der Waals surface area contributed by atoms with Crippen LogP contribution in [0, 0.1) is 0 Å². The molecule has 0 saturated heterocycles. The summed E-state index contributed by atoms with van der Waals surface area (Å²) in [7, 11) is 3.05. The first kappa shape index (κ1) is 12.0. The van der Waals surface area contributed by atoms with Gasteiger partial charge in [-0.1, -0.05) is 17.7 Å². The number of benzene rings is 1. The van der Waals surface area contributed by atoms with Crippen molar-refractivity contribution in [2.75, 3.05) is 14.2 Å². The van der Waals surface area contributed by atoms with E-state index in [0.29, 0.717) is 5.02 Å². The number of aromatic nitrogens is 1. The van der Waals surface area contributed by atoms with Crippen LogP contribution in [-0.2, 0) is 16.2 Å². The number of hydrogen-bond acceptors (Lipinski definition) is 2. The fourth-order valence-electron chi connectivity index (χ4n) is 1.64. The second kappa shape index (κ2) is 4.77. The Kier molecular flexibility index (Phi) is 3.36. The number of rotatable bonds is 3. The molecule has 2 rings (SSSR count). The minimum absolute atomic E-state index is 0.120. The molecule has 5 heteroatoms. The SMILES string of the molecule is CON(C)C(=O)Cn1ccc2ccc(Cl)cc21. The molecule has 4 nitrogen and oxygen atoms in total. The average Bonchev–Trinajstić information content (AvgIpc) is 2.71. The van der Waals surface area contributed by atoms with Crippen LogP contribution in [0.4, 0.5) is 0 Å². The van der Waals surface area contributed by atoms with Gasteiger partial charge in [0, 0.05) is 23.8 Å². The Morgan fingerprint density at radius 1 is 1.47 bits per heavy atom. The number of halogens is 1. The zero-order chi connectivity index (χ0) is 12.4. The third-order valence-electron chi connectivity index (χ3n) is 2.67. The van der Waals surface area contributed by atoms with Crippen molar-refractivity contribution in [2.45, 2.75) is 6.54 Å². The molecule has 17 heavy (non-hydrogen) atoms. The summed E-state index contributed by atoms with van der Waals surface area (Å²) in [6.45, 7) is 0.230.